The van der Waals surface area contributed by atoms with Crippen molar-refractivity contribution in [3.8, 4) is 17.0 Å². The van der Waals surface area contributed by atoms with Crippen molar-refractivity contribution < 1.29 is 28.2 Å². The van der Waals surface area contributed by atoms with Gasteiger partial charge in [-0.1, -0.05) is 23.2 Å². The first-order valence-corrected chi connectivity index (χ1v) is 14.3. The molecule has 5 rings (SSSR count). The summed E-state index contributed by atoms with van der Waals surface area (Å²) in [6, 6.07) is 8.61. The minimum atomic E-state index is -1.69. The first kappa shape index (κ1) is 30.6. The van der Waals surface area contributed by atoms with E-state index in [2.05, 4.69) is 15.3 Å². The number of pyridine rings is 2. The third-order valence-electron chi connectivity index (χ3n) is 7.31. The largest absolute Gasteiger partial charge is 0.491 e. The summed E-state index contributed by atoms with van der Waals surface area (Å²) in [5, 5.41) is 15.4. The summed E-state index contributed by atoms with van der Waals surface area (Å²) >= 11 is 12.3. The maximum Gasteiger partial charge on any atom is 0.251 e. The van der Waals surface area contributed by atoms with E-state index >= 15 is 0 Å². The molecule has 1 saturated carbocycles. The molecule has 4 N–H and O–H groups in total. The second kappa shape index (κ2) is 12.0. The topological polar surface area (TPSA) is 127 Å². The Labute approximate surface area is 256 Å². The first-order valence-electron chi connectivity index (χ1n) is 13.6. The van der Waals surface area contributed by atoms with Crippen LogP contribution in [-0.4, -0.2) is 40.0 Å². The van der Waals surface area contributed by atoms with E-state index in [0.717, 1.165) is 11.6 Å². The number of hydrogen-bond acceptors (Lipinski definition) is 6. The van der Waals surface area contributed by atoms with E-state index in [-0.39, 0.29) is 59.3 Å². The number of rotatable bonds is 10. The van der Waals surface area contributed by atoms with Gasteiger partial charge in [-0.2, -0.15) is 0 Å². The summed E-state index contributed by atoms with van der Waals surface area (Å²) in [5.41, 5.74) is 6.04. The third kappa shape index (κ3) is 6.27. The highest BCUT2D eigenvalue weighted by Gasteiger charge is 2.47. The maximum atomic E-state index is 14.4. The fourth-order valence-corrected chi connectivity index (χ4v) is 5.57. The molecule has 0 radical (unpaired) electrons. The number of carbonyl (C=O) groups excluding carboxylic acids is 2. The van der Waals surface area contributed by atoms with E-state index in [1.54, 1.807) is 19.2 Å². The van der Waals surface area contributed by atoms with Crippen LogP contribution < -0.4 is 15.8 Å². The van der Waals surface area contributed by atoms with Crippen LogP contribution in [-0.2, 0) is 16.8 Å². The van der Waals surface area contributed by atoms with Gasteiger partial charge >= 0.3 is 0 Å². The van der Waals surface area contributed by atoms with Gasteiger partial charge in [0.15, 0.2) is 11.6 Å². The van der Waals surface area contributed by atoms with E-state index < -0.39 is 34.1 Å². The summed E-state index contributed by atoms with van der Waals surface area (Å²) in [4.78, 5) is 34.3. The minimum absolute atomic E-state index is 0.0333. The molecule has 1 fully saturated rings. The molecule has 2 amide bonds. The van der Waals surface area contributed by atoms with Gasteiger partial charge in [-0.25, -0.2) is 13.8 Å². The van der Waals surface area contributed by atoms with Crippen molar-refractivity contribution in [3.63, 3.8) is 0 Å². The number of carbonyl (C=O) groups is 2. The number of aliphatic hydroxyl groups is 1. The summed E-state index contributed by atoms with van der Waals surface area (Å²) in [5.74, 6) is -3.78. The van der Waals surface area contributed by atoms with Crippen molar-refractivity contribution in [2.24, 2.45) is 11.7 Å². The van der Waals surface area contributed by atoms with E-state index in [4.69, 9.17) is 33.7 Å². The molecule has 224 valence electrons. The number of benzene rings is 2. The number of halogens is 4. The van der Waals surface area contributed by atoms with Gasteiger partial charge in [0.25, 0.3) is 5.91 Å². The van der Waals surface area contributed by atoms with E-state index in [1.807, 2.05) is 13.0 Å². The van der Waals surface area contributed by atoms with Crippen LogP contribution in [0, 0.1) is 24.5 Å². The summed E-state index contributed by atoms with van der Waals surface area (Å²) in [7, 11) is 0. The van der Waals surface area contributed by atoms with Gasteiger partial charge in [-0.15, -0.1) is 0 Å². The van der Waals surface area contributed by atoms with Crippen LogP contribution in [0.1, 0.15) is 46.9 Å². The predicted molar refractivity (Wildman–Crippen MR) is 159 cm³/mol. The highest BCUT2D eigenvalue weighted by molar-refractivity contribution is 6.35. The molecule has 0 spiro atoms. The summed E-state index contributed by atoms with van der Waals surface area (Å²) in [6.07, 6.45) is 2.69. The maximum absolute atomic E-state index is 14.4. The average molecular weight is 629 g/mol. The molecule has 2 aromatic carbocycles. The Hall–Kier alpha value is -3.86. The monoisotopic (exact) mass is 628 g/mol. The lowest BCUT2D eigenvalue weighted by molar-refractivity contribution is -0.117. The number of hydrogen-bond donors (Lipinski definition) is 3. The number of nitrogens with two attached hydrogens (primary N) is 1. The summed E-state index contributed by atoms with van der Waals surface area (Å²) in [6.45, 7) is 3.49. The number of aromatic nitrogens is 2. The third-order valence-corrected chi connectivity index (χ3v) is 7.87. The lowest BCUT2D eigenvalue weighted by Crippen LogP contribution is -2.43. The molecule has 0 bridgehead atoms. The predicted octanol–water partition coefficient (Wildman–Crippen LogP) is 5.64. The molecule has 2 aromatic heterocycles. The van der Waals surface area contributed by atoms with Crippen LogP contribution in [0.25, 0.3) is 22.2 Å². The molecule has 0 unspecified atom stereocenters. The molecular weight excluding hydrogens is 601 g/mol. The number of amides is 2. The average Bonchev–Trinajstić information content (AvgIpc) is 3.81. The molecule has 0 aliphatic heterocycles. The Bertz CT molecular complexity index is 1740. The van der Waals surface area contributed by atoms with Gasteiger partial charge in [0.05, 0.1) is 40.8 Å². The van der Waals surface area contributed by atoms with Gasteiger partial charge in [0, 0.05) is 28.3 Å². The van der Waals surface area contributed by atoms with Gasteiger partial charge in [0.2, 0.25) is 5.91 Å². The number of primary amides is 1. The lowest BCUT2D eigenvalue weighted by Gasteiger charge is -2.30. The van der Waals surface area contributed by atoms with Crippen molar-refractivity contribution in [1.29, 1.82) is 0 Å². The fraction of sp³-hybridized carbons (Fsp3) is 0.290. The standard InChI is InChI=1S/C31H28Cl2F2N4O4/c1-3-43-29-18(12-25(36)40)11-24(39-28(29)17-8-21(32)26(35)23(34)10-17)31(42,20-4-5-20)14-38-30(41)19-7-16-6-15(2)13-37-27(16)22(33)9-19/h6-11,13,20,42H,3-5,12,14H2,1-2H3,(H2,36,40)(H,38,41)/t31-/m1/s1. The van der Waals surface area contributed by atoms with Crippen molar-refractivity contribution in [2.75, 3.05) is 13.2 Å². The summed E-state index contributed by atoms with van der Waals surface area (Å²) < 4.78 is 34.3. The zero-order chi connectivity index (χ0) is 31.1. The quantitative estimate of drug-likeness (QED) is 0.195. The molecular formula is C31H28Cl2F2N4O4. The SMILES string of the molecule is CCOc1c(CC(N)=O)cc([C@@](O)(CNC(=O)c2cc(Cl)c3ncc(C)cc3c2)C2CC2)nc1-c1cc(F)c(F)c(Cl)c1. The molecule has 43 heavy (non-hydrogen) atoms. The van der Waals surface area contributed by atoms with Crippen molar-refractivity contribution in [3.05, 3.63) is 86.7 Å². The highest BCUT2D eigenvalue weighted by atomic mass is 35.5. The van der Waals surface area contributed by atoms with Crippen LogP contribution in [0.5, 0.6) is 5.75 Å². The molecule has 1 atom stereocenters. The van der Waals surface area contributed by atoms with Gasteiger partial charge < -0.3 is 20.9 Å². The van der Waals surface area contributed by atoms with Gasteiger partial charge in [0.1, 0.15) is 17.0 Å². The highest BCUT2D eigenvalue weighted by Crippen LogP contribution is 2.47. The first-order chi connectivity index (χ1) is 20.4. The number of nitrogens with one attached hydrogen (secondary N) is 1. The fourth-order valence-electron chi connectivity index (χ4n) is 5.09. The zero-order valence-corrected chi connectivity index (χ0v) is 24.8. The number of nitrogens with zero attached hydrogens (tertiary/aromatic N) is 2. The van der Waals surface area contributed by atoms with Gasteiger partial charge in [-0.3, -0.25) is 14.6 Å². The van der Waals surface area contributed by atoms with Gasteiger partial charge in [-0.05, 0) is 74.6 Å². The Balaban J connectivity index is 1.57. The number of aryl methyl sites for hydroxylation is 1. The molecule has 2 heterocycles. The Kier molecular flexibility index (Phi) is 8.56. The van der Waals surface area contributed by atoms with Crippen LogP contribution in [0.15, 0.2) is 42.6 Å². The van der Waals surface area contributed by atoms with Crippen LogP contribution >= 0.6 is 23.2 Å². The zero-order valence-electron chi connectivity index (χ0n) is 23.3. The van der Waals surface area contributed by atoms with Crippen molar-refractivity contribution in [2.45, 2.75) is 38.7 Å². The molecule has 4 aromatic rings. The van der Waals surface area contributed by atoms with E-state index in [9.17, 15) is 23.5 Å². The minimum Gasteiger partial charge on any atom is -0.491 e. The van der Waals surface area contributed by atoms with Crippen molar-refractivity contribution in [1.82, 2.24) is 15.3 Å². The lowest BCUT2D eigenvalue weighted by atomic mass is 9.90. The van der Waals surface area contributed by atoms with E-state index in [0.29, 0.717) is 28.8 Å². The second-order valence-corrected chi connectivity index (χ2v) is 11.4. The Morgan fingerprint density at radius 1 is 1.14 bits per heavy atom. The molecule has 8 nitrogen and oxygen atoms in total. The number of fused-ring (bicyclic) bond motifs is 1. The second-order valence-electron chi connectivity index (χ2n) is 10.6. The molecule has 1 aliphatic rings. The smallest absolute Gasteiger partial charge is 0.251 e. The Morgan fingerprint density at radius 2 is 1.88 bits per heavy atom. The Morgan fingerprint density at radius 3 is 2.53 bits per heavy atom. The van der Waals surface area contributed by atoms with E-state index in [1.165, 1.54) is 18.2 Å². The van der Waals surface area contributed by atoms with Crippen molar-refractivity contribution >= 4 is 45.9 Å². The normalized spacial score (nSPS) is 14.4. The number of ether oxygens (including phenoxy) is 1. The van der Waals surface area contributed by atoms with Crippen LogP contribution in [0.3, 0.4) is 0 Å². The molecule has 1 aliphatic carbocycles. The van der Waals surface area contributed by atoms with Crippen LogP contribution in [0.4, 0.5) is 8.78 Å². The molecule has 0 saturated heterocycles. The van der Waals surface area contributed by atoms with Crippen LogP contribution in [0.2, 0.25) is 10.0 Å². The molecule has 12 heteroatoms.